The molecule has 0 spiro atoms. The van der Waals surface area contributed by atoms with Crippen molar-refractivity contribution >= 4 is 5.97 Å². The van der Waals surface area contributed by atoms with Crippen LogP contribution in [0.15, 0.2) is 36.7 Å². The minimum Gasteiger partial charge on any atom is -0.481 e. The van der Waals surface area contributed by atoms with E-state index in [1.807, 2.05) is 42.2 Å². The monoisotopic (exact) mass is 271 g/mol. The molecule has 1 aromatic carbocycles. The SMILES string of the molecule is Cc1cnn(-c2cccc(C3CC(C(=O)O)CN3)c2)c1. The molecule has 1 aliphatic heterocycles. The summed E-state index contributed by atoms with van der Waals surface area (Å²) < 4.78 is 1.84. The van der Waals surface area contributed by atoms with Crippen molar-refractivity contribution in [3.8, 4) is 5.69 Å². The van der Waals surface area contributed by atoms with Crippen molar-refractivity contribution in [2.45, 2.75) is 19.4 Å². The molecular weight excluding hydrogens is 254 g/mol. The van der Waals surface area contributed by atoms with E-state index in [0.29, 0.717) is 13.0 Å². The molecule has 5 nitrogen and oxygen atoms in total. The van der Waals surface area contributed by atoms with Crippen LogP contribution in [-0.4, -0.2) is 27.4 Å². The Kier molecular flexibility index (Phi) is 3.28. The molecule has 0 saturated carbocycles. The second-order valence-corrected chi connectivity index (χ2v) is 5.29. The topological polar surface area (TPSA) is 67.2 Å². The third kappa shape index (κ3) is 2.44. The average molecular weight is 271 g/mol. The molecule has 0 radical (unpaired) electrons. The van der Waals surface area contributed by atoms with Gasteiger partial charge in [-0.2, -0.15) is 5.10 Å². The van der Waals surface area contributed by atoms with E-state index in [0.717, 1.165) is 16.8 Å². The van der Waals surface area contributed by atoms with Crippen molar-refractivity contribution in [1.29, 1.82) is 0 Å². The molecule has 1 aromatic heterocycles. The first-order valence-electron chi connectivity index (χ1n) is 6.71. The van der Waals surface area contributed by atoms with Crippen LogP contribution in [0.1, 0.15) is 23.6 Å². The lowest BCUT2D eigenvalue weighted by Crippen LogP contribution is -2.17. The van der Waals surface area contributed by atoms with Gasteiger partial charge in [-0.3, -0.25) is 4.79 Å². The molecule has 0 amide bonds. The first-order chi connectivity index (χ1) is 9.63. The molecule has 2 heterocycles. The molecule has 2 atom stereocenters. The molecule has 1 saturated heterocycles. The van der Waals surface area contributed by atoms with Crippen molar-refractivity contribution in [2.24, 2.45) is 5.92 Å². The smallest absolute Gasteiger partial charge is 0.307 e. The van der Waals surface area contributed by atoms with Gasteiger partial charge in [0.2, 0.25) is 0 Å². The Balaban J connectivity index is 1.83. The molecule has 104 valence electrons. The summed E-state index contributed by atoms with van der Waals surface area (Å²) in [5.41, 5.74) is 3.22. The molecule has 3 rings (SSSR count). The number of rotatable bonds is 3. The number of benzene rings is 1. The summed E-state index contributed by atoms with van der Waals surface area (Å²) in [6.45, 7) is 2.54. The van der Waals surface area contributed by atoms with Crippen molar-refractivity contribution in [3.63, 3.8) is 0 Å². The maximum Gasteiger partial charge on any atom is 0.307 e. The summed E-state index contributed by atoms with van der Waals surface area (Å²) in [7, 11) is 0. The molecule has 1 aliphatic rings. The van der Waals surface area contributed by atoms with Gasteiger partial charge >= 0.3 is 5.97 Å². The van der Waals surface area contributed by atoms with Crippen LogP contribution in [0.4, 0.5) is 0 Å². The van der Waals surface area contributed by atoms with E-state index in [4.69, 9.17) is 5.11 Å². The second kappa shape index (κ2) is 5.09. The summed E-state index contributed by atoms with van der Waals surface area (Å²) >= 11 is 0. The van der Waals surface area contributed by atoms with Crippen LogP contribution in [-0.2, 0) is 4.79 Å². The summed E-state index contributed by atoms with van der Waals surface area (Å²) in [6, 6.07) is 8.18. The highest BCUT2D eigenvalue weighted by atomic mass is 16.4. The van der Waals surface area contributed by atoms with Crippen LogP contribution in [0.25, 0.3) is 5.69 Å². The lowest BCUT2D eigenvalue weighted by molar-refractivity contribution is -0.141. The lowest BCUT2D eigenvalue weighted by Gasteiger charge is -2.12. The van der Waals surface area contributed by atoms with Gasteiger partial charge in [0.25, 0.3) is 0 Å². The first kappa shape index (κ1) is 12.9. The molecule has 0 bridgehead atoms. The number of nitrogens with one attached hydrogen (secondary N) is 1. The standard InChI is InChI=1S/C15H17N3O2/c1-10-7-17-18(9-10)13-4-2-3-11(5-13)14-6-12(8-16-14)15(19)20/h2-5,7,9,12,14,16H,6,8H2,1H3,(H,19,20). The molecule has 2 aromatic rings. The zero-order valence-corrected chi connectivity index (χ0v) is 11.3. The predicted molar refractivity (Wildman–Crippen MR) is 74.8 cm³/mol. The Morgan fingerprint density at radius 3 is 3.00 bits per heavy atom. The van der Waals surface area contributed by atoms with Gasteiger partial charge in [-0.05, 0) is 36.6 Å². The van der Waals surface area contributed by atoms with E-state index < -0.39 is 5.97 Å². The number of carboxylic acid groups (broad SMARTS) is 1. The number of aliphatic carboxylic acids is 1. The highest BCUT2D eigenvalue weighted by molar-refractivity contribution is 5.70. The number of hydrogen-bond donors (Lipinski definition) is 2. The Bertz CT molecular complexity index is 636. The number of aromatic nitrogens is 2. The maximum absolute atomic E-state index is 11.0. The molecule has 1 fully saturated rings. The molecule has 2 N–H and O–H groups in total. The Labute approximate surface area is 117 Å². The van der Waals surface area contributed by atoms with Crippen molar-refractivity contribution in [1.82, 2.24) is 15.1 Å². The van der Waals surface area contributed by atoms with Crippen LogP contribution in [0.3, 0.4) is 0 Å². The zero-order valence-electron chi connectivity index (χ0n) is 11.3. The van der Waals surface area contributed by atoms with Crippen LogP contribution >= 0.6 is 0 Å². The largest absolute Gasteiger partial charge is 0.481 e. The fraction of sp³-hybridized carbons (Fsp3) is 0.333. The van der Waals surface area contributed by atoms with Crippen molar-refractivity contribution in [2.75, 3.05) is 6.54 Å². The summed E-state index contributed by atoms with van der Waals surface area (Å²) in [6.07, 6.45) is 4.43. The van der Waals surface area contributed by atoms with E-state index in [-0.39, 0.29) is 12.0 Å². The van der Waals surface area contributed by atoms with Crippen LogP contribution in [0.2, 0.25) is 0 Å². The summed E-state index contributed by atoms with van der Waals surface area (Å²) in [4.78, 5) is 11.0. The molecule has 2 unspecified atom stereocenters. The van der Waals surface area contributed by atoms with E-state index in [2.05, 4.69) is 16.5 Å². The van der Waals surface area contributed by atoms with Gasteiger partial charge in [-0.15, -0.1) is 0 Å². The summed E-state index contributed by atoms with van der Waals surface area (Å²) in [5.74, 6) is -1.02. The van der Waals surface area contributed by atoms with E-state index >= 15 is 0 Å². The van der Waals surface area contributed by atoms with Gasteiger partial charge in [-0.1, -0.05) is 12.1 Å². The molecule has 5 heteroatoms. The van der Waals surface area contributed by atoms with Gasteiger partial charge in [-0.25, -0.2) is 4.68 Å². The fourth-order valence-electron chi connectivity index (χ4n) is 2.62. The van der Waals surface area contributed by atoms with Gasteiger partial charge in [0, 0.05) is 18.8 Å². The van der Waals surface area contributed by atoms with Crippen molar-refractivity contribution in [3.05, 3.63) is 47.8 Å². The maximum atomic E-state index is 11.0. The Morgan fingerprint density at radius 2 is 2.35 bits per heavy atom. The third-order valence-electron chi connectivity index (χ3n) is 3.73. The van der Waals surface area contributed by atoms with E-state index in [9.17, 15) is 4.79 Å². The van der Waals surface area contributed by atoms with Gasteiger partial charge < -0.3 is 10.4 Å². The molecular formula is C15H17N3O2. The van der Waals surface area contributed by atoms with E-state index in [1.54, 1.807) is 0 Å². The number of carboxylic acids is 1. The second-order valence-electron chi connectivity index (χ2n) is 5.29. The predicted octanol–water partition coefficient (Wildman–Crippen LogP) is 1.92. The fourth-order valence-corrected chi connectivity index (χ4v) is 2.62. The third-order valence-corrected chi connectivity index (χ3v) is 3.73. The Morgan fingerprint density at radius 1 is 1.50 bits per heavy atom. The molecule has 0 aliphatic carbocycles. The van der Waals surface area contributed by atoms with Gasteiger partial charge in [0.15, 0.2) is 0 Å². The highest BCUT2D eigenvalue weighted by Crippen LogP contribution is 2.28. The van der Waals surface area contributed by atoms with Crippen LogP contribution in [0.5, 0.6) is 0 Å². The van der Waals surface area contributed by atoms with E-state index in [1.165, 1.54) is 0 Å². The highest BCUT2D eigenvalue weighted by Gasteiger charge is 2.30. The van der Waals surface area contributed by atoms with Crippen LogP contribution < -0.4 is 5.32 Å². The summed E-state index contributed by atoms with van der Waals surface area (Å²) in [5, 5.41) is 16.6. The van der Waals surface area contributed by atoms with Crippen LogP contribution in [0, 0.1) is 12.8 Å². The quantitative estimate of drug-likeness (QED) is 0.895. The first-order valence-corrected chi connectivity index (χ1v) is 6.71. The van der Waals surface area contributed by atoms with Gasteiger partial charge in [0.1, 0.15) is 0 Å². The molecule has 20 heavy (non-hydrogen) atoms. The van der Waals surface area contributed by atoms with Gasteiger partial charge in [0.05, 0.1) is 17.8 Å². The normalized spacial score (nSPS) is 22.1. The minimum atomic E-state index is -0.723. The number of carbonyl (C=O) groups is 1. The minimum absolute atomic E-state index is 0.104. The van der Waals surface area contributed by atoms with Crippen molar-refractivity contribution < 1.29 is 9.90 Å². The lowest BCUT2D eigenvalue weighted by atomic mass is 10.00. The zero-order chi connectivity index (χ0) is 14.1. The number of hydrogen-bond acceptors (Lipinski definition) is 3. The Hall–Kier alpha value is -2.14. The number of nitrogens with zero attached hydrogens (tertiary/aromatic N) is 2. The average Bonchev–Trinajstić information content (AvgIpc) is 3.07. The number of aryl methyl sites for hydroxylation is 1.